The summed E-state index contributed by atoms with van der Waals surface area (Å²) in [6.45, 7) is 3.19. The van der Waals surface area contributed by atoms with Crippen molar-refractivity contribution in [2.45, 2.75) is 43.7 Å². The first-order valence-corrected chi connectivity index (χ1v) is 14.4. The molecule has 1 fully saturated rings. The number of hydrogen-bond acceptors (Lipinski definition) is 5. The van der Waals surface area contributed by atoms with E-state index in [2.05, 4.69) is 0 Å². The predicted molar refractivity (Wildman–Crippen MR) is 162 cm³/mol. The number of carbonyl (C=O) groups is 3. The van der Waals surface area contributed by atoms with E-state index in [1.165, 1.54) is 9.80 Å². The van der Waals surface area contributed by atoms with Gasteiger partial charge in [-0.2, -0.15) is 0 Å². The summed E-state index contributed by atoms with van der Waals surface area (Å²) in [6, 6.07) is 27.0. The maximum absolute atomic E-state index is 14.8. The van der Waals surface area contributed by atoms with Crippen molar-refractivity contribution in [1.82, 2.24) is 19.6 Å². The second-order valence-electron chi connectivity index (χ2n) is 11.3. The van der Waals surface area contributed by atoms with E-state index in [0.29, 0.717) is 31.5 Å². The van der Waals surface area contributed by atoms with Crippen LogP contribution < -0.4 is 0 Å². The average Bonchev–Trinajstić information content (AvgIpc) is 2.98. The summed E-state index contributed by atoms with van der Waals surface area (Å²) >= 11 is 0. The molecule has 1 heterocycles. The Morgan fingerprint density at radius 3 is 1.32 bits per heavy atom. The van der Waals surface area contributed by atoms with E-state index >= 15 is 0 Å². The van der Waals surface area contributed by atoms with Crippen molar-refractivity contribution in [1.29, 1.82) is 0 Å². The van der Waals surface area contributed by atoms with E-state index in [-0.39, 0.29) is 6.42 Å². The van der Waals surface area contributed by atoms with Crippen molar-refractivity contribution in [3.8, 4) is 0 Å². The monoisotopic (exact) mass is 554 g/mol. The van der Waals surface area contributed by atoms with Gasteiger partial charge in [-0.3, -0.25) is 19.4 Å². The summed E-state index contributed by atoms with van der Waals surface area (Å²) in [7, 11) is 7.91. The molecule has 0 aliphatic carbocycles. The topological polar surface area (TPSA) is 64.2 Å². The van der Waals surface area contributed by atoms with Crippen molar-refractivity contribution < 1.29 is 14.4 Å². The van der Waals surface area contributed by atoms with Crippen molar-refractivity contribution in [3.63, 3.8) is 0 Å². The number of barbiturate groups is 1. The first-order chi connectivity index (χ1) is 19.7. The molecule has 1 aliphatic rings. The van der Waals surface area contributed by atoms with Crippen molar-refractivity contribution in [2.75, 3.05) is 41.3 Å². The molecule has 1 saturated heterocycles. The zero-order chi connectivity index (χ0) is 29.6. The molecule has 1 aliphatic heterocycles. The van der Waals surface area contributed by atoms with E-state index in [1.807, 2.05) is 136 Å². The molecule has 7 nitrogen and oxygen atoms in total. The lowest BCUT2D eigenvalue weighted by atomic mass is 9.73. The van der Waals surface area contributed by atoms with Crippen LogP contribution in [-0.4, -0.2) is 78.7 Å². The Hall–Kier alpha value is -3.81. The third-order valence-corrected chi connectivity index (χ3v) is 8.07. The molecule has 0 bridgehead atoms. The van der Waals surface area contributed by atoms with Crippen LogP contribution in [0.4, 0.5) is 4.79 Å². The number of rotatable bonds is 12. The van der Waals surface area contributed by atoms with Crippen LogP contribution in [0, 0.1) is 0 Å². The zero-order valence-electron chi connectivity index (χ0n) is 24.9. The van der Waals surface area contributed by atoms with Gasteiger partial charge in [0.05, 0.1) is 12.1 Å². The third-order valence-electron chi connectivity index (χ3n) is 8.07. The molecule has 0 N–H and O–H groups in total. The fourth-order valence-corrected chi connectivity index (χ4v) is 5.82. The lowest BCUT2D eigenvalue weighted by molar-refractivity contribution is -0.156. The zero-order valence-corrected chi connectivity index (χ0v) is 24.9. The summed E-state index contributed by atoms with van der Waals surface area (Å²) in [5, 5.41) is 0. The molecule has 4 amide bonds. The average molecular weight is 555 g/mol. The fraction of sp³-hybridized carbons (Fsp3) is 0.382. The lowest BCUT2D eigenvalue weighted by Gasteiger charge is -2.49. The van der Waals surface area contributed by atoms with Gasteiger partial charge in [-0.05, 0) is 77.2 Å². The van der Waals surface area contributed by atoms with Crippen molar-refractivity contribution in [2.24, 2.45) is 0 Å². The van der Waals surface area contributed by atoms with Crippen LogP contribution in [-0.2, 0) is 15.0 Å². The Labute approximate surface area is 244 Å². The Bertz CT molecular complexity index is 1230. The summed E-state index contributed by atoms with van der Waals surface area (Å²) < 4.78 is 0. The number of urea groups is 1. The molecule has 0 spiro atoms. The van der Waals surface area contributed by atoms with Crippen LogP contribution in [0.25, 0.3) is 0 Å². The van der Waals surface area contributed by atoms with E-state index in [0.717, 1.165) is 11.1 Å². The second kappa shape index (κ2) is 13.2. The molecule has 0 radical (unpaired) electrons. The SMILES string of the molecule is CCC1(c2ccccc2)C(=O)N(C(CCN(C)C)c2ccccc2)C(=O)N(C(CCN(C)C)c2ccccc2)C1=O. The van der Waals surface area contributed by atoms with Gasteiger partial charge in [-0.1, -0.05) is 97.9 Å². The molecule has 41 heavy (non-hydrogen) atoms. The van der Waals surface area contributed by atoms with Gasteiger partial charge < -0.3 is 9.80 Å². The maximum Gasteiger partial charge on any atom is 0.334 e. The van der Waals surface area contributed by atoms with Crippen molar-refractivity contribution in [3.05, 3.63) is 108 Å². The quantitative estimate of drug-likeness (QED) is 0.276. The minimum atomic E-state index is -1.52. The van der Waals surface area contributed by atoms with Gasteiger partial charge in [0.2, 0.25) is 0 Å². The van der Waals surface area contributed by atoms with Crippen LogP contribution in [0.15, 0.2) is 91.0 Å². The van der Waals surface area contributed by atoms with Gasteiger partial charge in [0.1, 0.15) is 0 Å². The van der Waals surface area contributed by atoms with Gasteiger partial charge in [0.25, 0.3) is 11.8 Å². The molecule has 0 aromatic heterocycles. The highest BCUT2D eigenvalue weighted by atomic mass is 16.2. The summed E-state index contributed by atoms with van der Waals surface area (Å²) in [5.41, 5.74) is 0.825. The number of imide groups is 2. The Morgan fingerprint density at radius 1 is 0.610 bits per heavy atom. The standard InChI is InChI=1S/C34H42N4O3/c1-6-34(28-20-14-9-15-21-28)31(39)37(29(22-24-35(2)3)26-16-10-7-11-17-26)33(41)38(32(34)40)30(23-25-36(4)5)27-18-12-8-13-19-27/h7-21,29-30H,6,22-25H2,1-5H3. The van der Waals surface area contributed by atoms with Crippen LogP contribution in [0.1, 0.15) is 55.0 Å². The first kappa shape index (κ1) is 30.2. The minimum Gasteiger partial charge on any atom is -0.309 e. The summed E-state index contributed by atoms with van der Waals surface area (Å²) in [5.74, 6) is -0.908. The fourth-order valence-electron chi connectivity index (χ4n) is 5.82. The van der Waals surface area contributed by atoms with Gasteiger partial charge in [0, 0.05) is 0 Å². The number of hydrogen-bond donors (Lipinski definition) is 0. The third kappa shape index (κ3) is 6.11. The highest BCUT2D eigenvalue weighted by molar-refractivity contribution is 6.23. The van der Waals surface area contributed by atoms with Crippen LogP contribution in [0.2, 0.25) is 0 Å². The number of benzene rings is 3. The number of amides is 4. The van der Waals surface area contributed by atoms with E-state index in [9.17, 15) is 14.4 Å². The molecule has 4 rings (SSSR count). The number of nitrogens with zero attached hydrogens (tertiary/aromatic N) is 4. The highest BCUT2D eigenvalue weighted by Crippen LogP contribution is 2.44. The molecule has 2 unspecified atom stereocenters. The summed E-state index contributed by atoms with van der Waals surface area (Å²) in [6.07, 6.45) is 1.32. The smallest absolute Gasteiger partial charge is 0.309 e. The maximum atomic E-state index is 14.8. The number of carbonyl (C=O) groups excluding carboxylic acids is 3. The van der Waals surface area contributed by atoms with Crippen LogP contribution in [0.5, 0.6) is 0 Å². The van der Waals surface area contributed by atoms with E-state index < -0.39 is 35.3 Å². The van der Waals surface area contributed by atoms with E-state index in [4.69, 9.17) is 0 Å². The van der Waals surface area contributed by atoms with Gasteiger partial charge in [0.15, 0.2) is 5.41 Å². The first-order valence-electron chi connectivity index (χ1n) is 14.4. The van der Waals surface area contributed by atoms with E-state index in [1.54, 1.807) is 0 Å². The molecular weight excluding hydrogens is 512 g/mol. The van der Waals surface area contributed by atoms with Gasteiger partial charge in [-0.25, -0.2) is 4.79 Å². The predicted octanol–water partition coefficient (Wildman–Crippen LogP) is 5.51. The van der Waals surface area contributed by atoms with Crippen molar-refractivity contribution >= 4 is 17.8 Å². The Kier molecular flexibility index (Phi) is 9.73. The minimum absolute atomic E-state index is 0.235. The Morgan fingerprint density at radius 2 is 0.976 bits per heavy atom. The molecule has 7 heteroatoms. The molecule has 2 atom stereocenters. The van der Waals surface area contributed by atoms with Gasteiger partial charge in [-0.15, -0.1) is 0 Å². The molecule has 3 aromatic rings. The molecule has 3 aromatic carbocycles. The Balaban J connectivity index is 1.95. The highest BCUT2D eigenvalue weighted by Gasteiger charge is 2.60. The van der Waals surface area contributed by atoms with Gasteiger partial charge >= 0.3 is 6.03 Å². The molecule has 216 valence electrons. The largest absolute Gasteiger partial charge is 0.334 e. The summed E-state index contributed by atoms with van der Waals surface area (Å²) in [4.78, 5) is 51.1. The molecule has 0 saturated carbocycles. The lowest BCUT2D eigenvalue weighted by Crippen LogP contribution is -2.68. The van der Waals surface area contributed by atoms with Crippen LogP contribution in [0.3, 0.4) is 0 Å². The second-order valence-corrected chi connectivity index (χ2v) is 11.3. The van der Waals surface area contributed by atoms with Crippen LogP contribution >= 0.6 is 0 Å². The normalized spacial score (nSPS) is 19.2. The molecular formula is C34H42N4O3.